The topological polar surface area (TPSA) is 135 Å². The molecule has 1 aromatic heterocycles. The first-order valence-electron chi connectivity index (χ1n) is 6.58. The molecular formula is C13H14N4O5. The number of amides is 3. The highest BCUT2D eigenvalue weighted by Crippen LogP contribution is 2.39. The van der Waals surface area contributed by atoms with Crippen molar-refractivity contribution in [3.05, 3.63) is 17.8 Å². The summed E-state index contributed by atoms with van der Waals surface area (Å²) in [5.74, 6) is -1.14. The molecule has 0 saturated carbocycles. The van der Waals surface area contributed by atoms with Crippen LogP contribution in [-0.4, -0.2) is 51.1 Å². The molecule has 1 saturated heterocycles. The highest BCUT2D eigenvalue weighted by molar-refractivity contribution is 6.02. The lowest BCUT2D eigenvalue weighted by Crippen LogP contribution is -2.53. The Morgan fingerprint density at radius 1 is 1.59 bits per heavy atom. The van der Waals surface area contributed by atoms with Crippen molar-refractivity contribution in [3.8, 4) is 5.88 Å². The van der Waals surface area contributed by atoms with Crippen LogP contribution in [0.5, 0.6) is 5.88 Å². The van der Waals surface area contributed by atoms with E-state index in [0.717, 1.165) is 10.5 Å². The Kier molecular flexibility index (Phi) is 2.94. The smallest absolute Gasteiger partial charge is 0.408 e. The SMILES string of the molecule is Cc1cnc2c(c1)NC(=O)C1(C[C@@H](C(N)=O)N(C(=O)O)C1)O2. The highest BCUT2D eigenvalue weighted by atomic mass is 16.5. The van der Waals surface area contributed by atoms with E-state index in [1.807, 2.05) is 6.92 Å². The maximum atomic E-state index is 12.4. The summed E-state index contributed by atoms with van der Waals surface area (Å²) in [5, 5.41) is 11.8. The number of carbonyl (C=O) groups is 3. The van der Waals surface area contributed by atoms with E-state index in [1.165, 1.54) is 0 Å². The minimum atomic E-state index is -1.49. The van der Waals surface area contributed by atoms with E-state index < -0.39 is 29.6 Å². The number of pyridine rings is 1. The monoisotopic (exact) mass is 306 g/mol. The number of anilines is 1. The molecule has 2 aliphatic rings. The number of nitrogens with one attached hydrogen (secondary N) is 1. The second-order valence-corrected chi connectivity index (χ2v) is 5.45. The summed E-state index contributed by atoms with van der Waals surface area (Å²) in [6.45, 7) is 1.53. The molecule has 2 atom stereocenters. The number of fused-ring (bicyclic) bond motifs is 1. The van der Waals surface area contributed by atoms with Crippen LogP contribution < -0.4 is 15.8 Å². The van der Waals surface area contributed by atoms with E-state index in [4.69, 9.17) is 10.5 Å². The molecule has 0 aromatic carbocycles. The van der Waals surface area contributed by atoms with E-state index in [1.54, 1.807) is 12.3 Å². The Labute approximate surface area is 125 Å². The van der Waals surface area contributed by atoms with Crippen LogP contribution in [-0.2, 0) is 9.59 Å². The van der Waals surface area contributed by atoms with Crippen molar-refractivity contribution >= 4 is 23.6 Å². The lowest BCUT2D eigenvalue weighted by atomic mass is 9.97. The fourth-order valence-electron chi connectivity index (χ4n) is 2.76. The second kappa shape index (κ2) is 4.58. The highest BCUT2D eigenvalue weighted by Gasteiger charge is 2.57. The third-order valence-electron chi connectivity index (χ3n) is 3.84. The van der Waals surface area contributed by atoms with Gasteiger partial charge in [-0.15, -0.1) is 0 Å². The van der Waals surface area contributed by atoms with Crippen LogP contribution in [0.3, 0.4) is 0 Å². The Bertz CT molecular complexity index is 667. The standard InChI is InChI=1S/C13H14N4O5/c1-6-2-7-10(15-4-6)22-13(11(19)16-7)3-8(9(14)18)17(5-13)12(20)21/h2,4,8H,3,5H2,1H3,(H2,14,18)(H,16,19)(H,20,21)/t8-,13?/m0/s1. The molecule has 4 N–H and O–H groups in total. The number of hydrogen-bond acceptors (Lipinski definition) is 5. The fourth-order valence-corrected chi connectivity index (χ4v) is 2.76. The average Bonchev–Trinajstić information content (AvgIpc) is 2.82. The van der Waals surface area contributed by atoms with Gasteiger partial charge in [-0.05, 0) is 18.6 Å². The van der Waals surface area contributed by atoms with Gasteiger partial charge in [-0.2, -0.15) is 0 Å². The number of rotatable bonds is 1. The van der Waals surface area contributed by atoms with Crippen LogP contribution >= 0.6 is 0 Å². The van der Waals surface area contributed by atoms with Crippen LogP contribution in [0.1, 0.15) is 12.0 Å². The minimum Gasteiger partial charge on any atom is -0.465 e. The van der Waals surface area contributed by atoms with Crippen molar-refractivity contribution in [2.75, 3.05) is 11.9 Å². The van der Waals surface area contributed by atoms with Gasteiger partial charge in [0.2, 0.25) is 17.4 Å². The van der Waals surface area contributed by atoms with Crippen molar-refractivity contribution < 1.29 is 24.2 Å². The number of nitrogens with zero attached hydrogens (tertiary/aromatic N) is 2. The summed E-state index contributed by atoms with van der Waals surface area (Å²) >= 11 is 0. The number of likely N-dealkylation sites (tertiary alicyclic amines) is 1. The van der Waals surface area contributed by atoms with Crippen molar-refractivity contribution in [2.24, 2.45) is 5.73 Å². The van der Waals surface area contributed by atoms with E-state index >= 15 is 0 Å². The van der Waals surface area contributed by atoms with Crippen LogP contribution in [0.25, 0.3) is 0 Å². The van der Waals surface area contributed by atoms with Gasteiger partial charge in [-0.25, -0.2) is 9.78 Å². The zero-order chi connectivity index (χ0) is 16.1. The van der Waals surface area contributed by atoms with Crippen molar-refractivity contribution in [3.63, 3.8) is 0 Å². The van der Waals surface area contributed by atoms with Gasteiger partial charge in [0, 0.05) is 12.6 Å². The van der Waals surface area contributed by atoms with E-state index in [0.29, 0.717) is 5.69 Å². The Morgan fingerprint density at radius 2 is 2.32 bits per heavy atom. The molecule has 116 valence electrons. The van der Waals surface area contributed by atoms with Gasteiger partial charge in [-0.1, -0.05) is 0 Å². The summed E-state index contributed by atoms with van der Waals surface area (Å²) < 4.78 is 5.67. The lowest BCUT2D eigenvalue weighted by Gasteiger charge is -2.33. The Hall–Kier alpha value is -2.84. The largest absolute Gasteiger partial charge is 0.465 e. The number of hydrogen-bond donors (Lipinski definition) is 3. The third-order valence-corrected chi connectivity index (χ3v) is 3.84. The fraction of sp³-hybridized carbons (Fsp3) is 0.385. The molecule has 0 bridgehead atoms. The van der Waals surface area contributed by atoms with Crippen LogP contribution in [0.15, 0.2) is 12.3 Å². The molecular weight excluding hydrogens is 292 g/mol. The average molecular weight is 306 g/mol. The molecule has 3 amide bonds. The first kappa shape index (κ1) is 14.1. The van der Waals surface area contributed by atoms with Crippen molar-refractivity contribution in [1.82, 2.24) is 9.88 Å². The van der Waals surface area contributed by atoms with Crippen molar-refractivity contribution in [1.29, 1.82) is 0 Å². The molecule has 22 heavy (non-hydrogen) atoms. The molecule has 1 unspecified atom stereocenters. The minimum absolute atomic E-state index is 0.143. The molecule has 0 radical (unpaired) electrons. The van der Waals surface area contributed by atoms with Gasteiger partial charge in [0.05, 0.1) is 6.54 Å². The second-order valence-electron chi connectivity index (χ2n) is 5.45. The van der Waals surface area contributed by atoms with Gasteiger partial charge in [0.1, 0.15) is 11.7 Å². The van der Waals surface area contributed by atoms with Crippen LogP contribution in [0.4, 0.5) is 10.5 Å². The number of carbonyl (C=O) groups excluding carboxylic acids is 2. The summed E-state index contributed by atoms with van der Waals surface area (Å²) in [6, 6.07) is 0.581. The van der Waals surface area contributed by atoms with E-state index in [-0.39, 0.29) is 18.8 Å². The quantitative estimate of drug-likeness (QED) is 0.651. The lowest BCUT2D eigenvalue weighted by molar-refractivity contribution is -0.131. The molecule has 1 aromatic rings. The maximum Gasteiger partial charge on any atom is 0.408 e. The number of ether oxygens (including phenoxy) is 1. The first-order chi connectivity index (χ1) is 10.3. The summed E-state index contributed by atoms with van der Waals surface area (Å²) in [7, 11) is 0. The van der Waals surface area contributed by atoms with Gasteiger partial charge in [0.25, 0.3) is 5.91 Å². The van der Waals surface area contributed by atoms with E-state index in [9.17, 15) is 19.5 Å². The molecule has 3 rings (SSSR count). The van der Waals surface area contributed by atoms with E-state index in [2.05, 4.69) is 10.3 Å². The molecule has 0 aliphatic carbocycles. The normalized spacial score (nSPS) is 26.3. The summed E-state index contributed by atoms with van der Waals surface area (Å²) in [6.07, 6.45) is 0.0920. The number of aryl methyl sites for hydroxylation is 1. The maximum absolute atomic E-state index is 12.4. The molecule has 2 aliphatic heterocycles. The van der Waals surface area contributed by atoms with Gasteiger partial charge in [-0.3, -0.25) is 14.5 Å². The van der Waals surface area contributed by atoms with Crippen molar-refractivity contribution in [2.45, 2.75) is 25.0 Å². The Balaban J connectivity index is 1.97. The zero-order valence-electron chi connectivity index (χ0n) is 11.7. The summed E-state index contributed by atoms with van der Waals surface area (Å²) in [5.41, 5.74) is 4.99. The molecule has 1 fully saturated rings. The molecule has 9 heteroatoms. The van der Waals surface area contributed by atoms with Crippen LogP contribution in [0.2, 0.25) is 0 Å². The predicted molar refractivity (Wildman–Crippen MR) is 73.3 cm³/mol. The molecule has 3 heterocycles. The van der Waals surface area contributed by atoms with Gasteiger partial charge in [0.15, 0.2) is 0 Å². The number of aromatic nitrogens is 1. The number of carboxylic acid groups (broad SMARTS) is 1. The third kappa shape index (κ3) is 2.01. The van der Waals surface area contributed by atoms with Gasteiger partial charge >= 0.3 is 6.09 Å². The zero-order valence-corrected chi connectivity index (χ0v) is 11.7. The number of nitrogens with two attached hydrogens (primary N) is 1. The molecule has 1 spiro atoms. The van der Waals surface area contributed by atoms with Crippen LogP contribution in [0, 0.1) is 6.92 Å². The first-order valence-corrected chi connectivity index (χ1v) is 6.58. The molecule has 9 nitrogen and oxygen atoms in total. The van der Waals surface area contributed by atoms with Gasteiger partial charge < -0.3 is 20.9 Å². The predicted octanol–water partition coefficient (Wildman–Crippen LogP) is -0.303. The Morgan fingerprint density at radius 3 is 2.91 bits per heavy atom. The summed E-state index contributed by atoms with van der Waals surface area (Å²) in [4.78, 5) is 40.0. The number of primary amides is 1.